The molecule has 1 N–H and O–H groups in total. The Labute approximate surface area is 77.5 Å². The van der Waals surface area contributed by atoms with Gasteiger partial charge < -0.3 is 10.0 Å². The molecule has 0 aromatic rings. The van der Waals surface area contributed by atoms with E-state index in [4.69, 9.17) is 0 Å². The highest BCUT2D eigenvalue weighted by Crippen LogP contribution is 2.21. The molecule has 76 valence electrons. The van der Waals surface area contributed by atoms with E-state index in [9.17, 15) is 14.3 Å². The average molecular weight is 189 g/mol. The molecule has 1 fully saturated rings. The molecule has 0 aromatic carbocycles. The van der Waals surface area contributed by atoms with Crippen molar-refractivity contribution in [1.29, 1.82) is 0 Å². The third-order valence-corrected chi connectivity index (χ3v) is 2.33. The highest BCUT2D eigenvalue weighted by Gasteiger charge is 2.37. The summed E-state index contributed by atoms with van der Waals surface area (Å²) in [6.45, 7) is 5.13. The van der Waals surface area contributed by atoms with E-state index in [0.717, 1.165) is 0 Å². The molecule has 13 heavy (non-hydrogen) atoms. The van der Waals surface area contributed by atoms with Crippen molar-refractivity contribution < 1.29 is 14.3 Å². The second kappa shape index (κ2) is 3.25. The fourth-order valence-corrected chi connectivity index (χ4v) is 1.48. The van der Waals surface area contributed by atoms with E-state index < -0.39 is 11.8 Å². The Morgan fingerprint density at radius 3 is 2.38 bits per heavy atom. The van der Waals surface area contributed by atoms with Crippen molar-refractivity contribution in [1.82, 2.24) is 4.90 Å². The van der Waals surface area contributed by atoms with Crippen LogP contribution >= 0.6 is 0 Å². The van der Waals surface area contributed by atoms with Crippen LogP contribution in [0.5, 0.6) is 0 Å². The summed E-state index contributed by atoms with van der Waals surface area (Å²) in [4.78, 5) is 12.9. The second-order valence-electron chi connectivity index (χ2n) is 4.26. The molecule has 3 nitrogen and oxygen atoms in total. The normalized spacial score (nSPS) is 29.5. The standard InChI is InChI=1S/C9H16FNO2/c1-6-4-11(5-7(6)10)8(12)9(2,3)13/h6-7,13H,4-5H2,1-3H3/t6?,7-/m0/s1. The molecule has 1 aliphatic rings. The number of nitrogens with zero attached hydrogens (tertiary/aromatic N) is 1. The van der Waals surface area contributed by atoms with Crippen LogP contribution in [0.3, 0.4) is 0 Å². The minimum Gasteiger partial charge on any atom is -0.381 e. The molecule has 0 spiro atoms. The van der Waals surface area contributed by atoms with Gasteiger partial charge in [-0.15, -0.1) is 0 Å². The molecular formula is C9H16FNO2. The molecule has 1 saturated heterocycles. The Bertz CT molecular complexity index is 202. The molecule has 1 aliphatic heterocycles. The van der Waals surface area contributed by atoms with Crippen molar-refractivity contribution in [3.63, 3.8) is 0 Å². The van der Waals surface area contributed by atoms with E-state index >= 15 is 0 Å². The Kier molecular flexibility index (Phi) is 2.61. The third-order valence-electron chi connectivity index (χ3n) is 2.33. The second-order valence-corrected chi connectivity index (χ2v) is 4.26. The molecule has 0 aliphatic carbocycles. The van der Waals surface area contributed by atoms with Crippen molar-refractivity contribution >= 4 is 5.91 Å². The van der Waals surface area contributed by atoms with Gasteiger partial charge in [0.15, 0.2) is 0 Å². The van der Waals surface area contributed by atoms with Crippen molar-refractivity contribution in [3.8, 4) is 0 Å². The fourth-order valence-electron chi connectivity index (χ4n) is 1.48. The van der Waals surface area contributed by atoms with Gasteiger partial charge in [-0.25, -0.2) is 4.39 Å². The zero-order valence-electron chi connectivity index (χ0n) is 8.25. The van der Waals surface area contributed by atoms with Gasteiger partial charge in [0, 0.05) is 12.5 Å². The quantitative estimate of drug-likeness (QED) is 0.655. The molecule has 1 unspecified atom stereocenters. The third kappa shape index (κ3) is 2.18. The van der Waals surface area contributed by atoms with Crippen LogP contribution in [-0.4, -0.2) is 40.8 Å². The van der Waals surface area contributed by atoms with Gasteiger partial charge in [0.05, 0.1) is 6.54 Å². The summed E-state index contributed by atoms with van der Waals surface area (Å²) in [7, 11) is 0. The van der Waals surface area contributed by atoms with Crippen LogP contribution in [0.4, 0.5) is 4.39 Å². The van der Waals surface area contributed by atoms with Gasteiger partial charge in [0.1, 0.15) is 11.8 Å². The largest absolute Gasteiger partial charge is 0.381 e. The van der Waals surface area contributed by atoms with E-state index in [1.54, 1.807) is 6.92 Å². The molecule has 1 rings (SSSR count). The van der Waals surface area contributed by atoms with Crippen molar-refractivity contribution in [2.75, 3.05) is 13.1 Å². The number of hydrogen-bond donors (Lipinski definition) is 1. The van der Waals surface area contributed by atoms with Gasteiger partial charge in [-0.3, -0.25) is 4.79 Å². The molecule has 1 heterocycles. The zero-order chi connectivity index (χ0) is 10.2. The van der Waals surface area contributed by atoms with Crippen LogP contribution in [0.2, 0.25) is 0 Å². The number of carbonyl (C=O) groups excluding carboxylic acids is 1. The van der Waals surface area contributed by atoms with Crippen LogP contribution in [0.25, 0.3) is 0 Å². The van der Waals surface area contributed by atoms with E-state index in [2.05, 4.69) is 0 Å². The molecule has 0 bridgehead atoms. The summed E-state index contributed by atoms with van der Waals surface area (Å²) in [6.07, 6.45) is -0.953. The van der Waals surface area contributed by atoms with Crippen LogP contribution in [0.15, 0.2) is 0 Å². The number of alkyl halides is 1. The number of rotatable bonds is 1. The van der Waals surface area contributed by atoms with E-state index in [1.165, 1.54) is 18.7 Å². The summed E-state index contributed by atoms with van der Waals surface area (Å²) >= 11 is 0. The van der Waals surface area contributed by atoms with Crippen LogP contribution < -0.4 is 0 Å². The van der Waals surface area contributed by atoms with Gasteiger partial charge in [-0.2, -0.15) is 0 Å². The lowest BCUT2D eigenvalue weighted by Crippen LogP contribution is -2.44. The molecule has 2 atom stereocenters. The first-order valence-electron chi connectivity index (χ1n) is 4.48. The van der Waals surface area contributed by atoms with E-state index in [0.29, 0.717) is 6.54 Å². The number of likely N-dealkylation sites (tertiary alicyclic amines) is 1. The number of carbonyl (C=O) groups is 1. The van der Waals surface area contributed by atoms with Crippen molar-refractivity contribution in [2.24, 2.45) is 5.92 Å². The molecule has 0 radical (unpaired) electrons. The lowest BCUT2D eigenvalue weighted by atomic mass is 10.1. The molecule has 4 heteroatoms. The Morgan fingerprint density at radius 2 is 2.08 bits per heavy atom. The summed E-state index contributed by atoms with van der Waals surface area (Å²) in [5, 5.41) is 9.41. The Balaban J connectivity index is 2.61. The van der Waals surface area contributed by atoms with Gasteiger partial charge >= 0.3 is 0 Å². The monoisotopic (exact) mass is 189 g/mol. The Hall–Kier alpha value is -0.640. The highest BCUT2D eigenvalue weighted by atomic mass is 19.1. The molecule has 0 aromatic heterocycles. The first-order valence-corrected chi connectivity index (χ1v) is 4.48. The minimum atomic E-state index is -1.39. The first-order chi connectivity index (χ1) is 5.82. The first kappa shape index (κ1) is 10.4. The van der Waals surface area contributed by atoms with Crippen LogP contribution in [0, 0.1) is 5.92 Å². The molecule has 0 saturated carbocycles. The van der Waals surface area contributed by atoms with Crippen LogP contribution in [0.1, 0.15) is 20.8 Å². The zero-order valence-corrected chi connectivity index (χ0v) is 8.25. The summed E-state index contributed by atoms with van der Waals surface area (Å²) < 4.78 is 13.0. The van der Waals surface area contributed by atoms with Gasteiger partial charge in [-0.05, 0) is 13.8 Å². The topological polar surface area (TPSA) is 40.5 Å². The van der Waals surface area contributed by atoms with Crippen molar-refractivity contribution in [3.05, 3.63) is 0 Å². The summed E-state index contributed by atoms with van der Waals surface area (Å²) in [5.74, 6) is -0.509. The SMILES string of the molecule is CC1CN(C(=O)C(C)(C)O)C[C@@H]1F. The summed E-state index contributed by atoms with van der Waals surface area (Å²) in [6, 6.07) is 0. The Morgan fingerprint density at radius 1 is 1.54 bits per heavy atom. The lowest BCUT2D eigenvalue weighted by Gasteiger charge is -2.24. The average Bonchev–Trinajstić information content (AvgIpc) is 2.29. The number of hydrogen-bond acceptors (Lipinski definition) is 2. The van der Waals surface area contributed by atoms with Gasteiger partial charge in [0.25, 0.3) is 5.91 Å². The number of aliphatic hydroxyl groups is 1. The minimum absolute atomic E-state index is 0.115. The van der Waals surface area contributed by atoms with Crippen LogP contribution in [-0.2, 0) is 4.79 Å². The van der Waals surface area contributed by atoms with Gasteiger partial charge in [0.2, 0.25) is 0 Å². The summed E-state index contributed by atoms with van der Waals surface area (Å²) in [5.41, 5.74) is -1.39. The highest BCUT2D eigenvalue weighted by molar-refractivity contribution is 5.84. The lowest BCUT2D eigenvalue weighted by molar-refractivity contribution is -0.146. The predicted octanol–water partition coefficient (Wildman–Crippen LogP) is 0.574. The van der Waals surface area contributed by atoms with Gasteiger partial charge in [-0.1, -0.05) is 6.92 Å². The number of amides is 1. The number of halogens is 1. The van der Waals surface area contributed by atoms with E-state index in [1.807, 2.05) is 0 Å². The fraction of sp³-hybridized carbons (Fsp3) is 0.889. The maximum atomic E-state index is 13.0. The maximum absolute atomic E-state index is 13.0. The van der Waals surface area contributed by atoms with E-state index in [-0.39, 0.29) is 18.4 Å². The molecular weight excluding hydrogens is 173 g/mol. The van der Waals surface area contributed by atoms with Crippen molar-refractivity contribution in [2.45, 2.75) is 32.5 Å². The maximum Gasteiger partial charge on any atom is 0.254 e. The predicted molar refractivity (Wildman–Crippen MR) is 46.9 cm³/mol. The smallest absolute Gasteiger partial charge is 0.254 e. The molecule has 1 amide bonds.